The Kier molecular flexibility index (Phi) is 2.78. The summed E-state index contributed by atoms with van der Waals surface area (Å²) in [6.07, 6.45) is 1.49. The van der Waals surface area contributed by atoms with Crippen molar-refractivity contribution in [2.45, 2.75) is 6.92 Å². The molecule has 17 heavy (non-hydrogen) atoms. The van der Waals surface area contributed by atoms with Gasteiger partial charge in [-0.1, -0.05) is 0 Å². The van der Waals surface area contributed by atoms with Crippen molar-refractivity contribution in [1.29, 1.82) is 0 Å². The topological polar surface area (TPSA) is 80.0 Å². The number of anilines is 1. The Morgan fingerprint density at radius 3 is 2.88 bits per heavy atom. The van der Waals surface area contributed by atoms with Crippen LogP contribution < -0.4 is 5.32 Å². The van der Waals surface area contributed by atoms with Gasteiger partial charge in [-0.25, -0.2) is 4.98 Å². The van der Waals surface area contributed by atoms with Gasteiger partial charge in [-0.2, -0.15) is 5.10 Å². The summed E-state index contributed by atoms with van der Waals surface area (Å²) in [4.78, 5) is 15.7. The molecule has 6 heteroatoms. The first-order valence-electron chi connectivity index (χ1n) is 5.04. The highest BCUT2D eigenvalue weighted by Crippen LogP contribution is 2.18. The molecule has 0 aromatic carbocycles. The fourth-order valence-electron chi connectivity index (χ4n) is 1.34. The van der Waals surface area contributed by atoms with Gasteiger partial charge >= 0.3 is 0 Å². The van der Waals surface area contributed by atoms with Crippen molar-refractivity contribution in [2.75, 3.05) is 5.32 Å². The van der Waals surface area contributed by atoms with Crippen LogP contribution in [0, 0.1) is 6.92 Å². The molecule has 0 atom stereocenters. The van der Waals surface area contributed by atoms with Crippen LogP contribution in [-0.4, -0.2) is 25.8 Å². The van der Waals surface area contributed by atoms with Crippen LogP contribution in [0.3, 0.4) is 0 Å². The average molecular weight is 232 g/mol. The number of aryl methyl sites for hydroxylation is 2. The summed E-state index contributed by atoms with van der Waals surface area (Å²) in [5.74, 6) is -0.350. The molecular weight excluding hydrogens is 220 g/mol. The predicted molar refractivity (Wildman–Crippen MR) is 61.8 cm³/mol. The molecule has 2 rings (SSSR count). The van der Waals surface area contributed by atoms with Crippen molar-refractivity contribution in [3.05, 3.63) is 35.8 Å². The summed E-state index contributed by atoms with van der Waals surface area (Å²) in [6.45, 7) is 1.85. The lowest BCUT2D eigenvalue weighted by molar-refractivity contribution is 0.102. The first kappa shape index (κ1) is 11.1. The van der Waals surface area contributed by atoms with E-state index in [1.807, 2.05) is 6.92 Å². The van der Waals surface area contributed by atoms with E-state index in [0.29, 0.717) is 0 Å². The fourth-order valence-corrected chi connectivity index (χ4v) is 1.34. The summed E-state index contributed by atoms with van der Waals surface area (Å²) in [7, 11) is 1.75. The summed E-state index contributed by atoms with van der Waals surface area (Å²) in [5.41, 5.74) is 1.16. The van der Waals surface area contributed by atoms with Gasteiger partial charge in [0.2, 0.25) is 0 Å². The molecule has 0 unspecified atom stereocenters. The van der Waals surface area contributed by atoms with E-state index in [0.717, 1.165) is 5.69 Å². The number of aromatic hydroxyl groups is 1. The van der Waals surface area contributed by atoms with Crippen LogP contribution in [0.1, 0.15) is 16.2 Å². The van der Waals surface area contributed by atoms with Crippen LogP contribution in [-0.2, 0) is 7.05 Å². The number of carbonyl (C=O) groups is 1. The van der Waals surface area contributed by atoms with E-state index >= 15 is 0 Å². The van der Waals surface area contributed by atoms with Crippen molar-refractivity contribution in [3.63, 3.8) is 0 Å². The molecule has 0 bridgehead atoms. The van der Waals surface area contributed by atoms with E-state index in [9.17, 15) is 9.90 Å². The van der Waals surface area contributed by atoms with Crippen LogP contribution in [0.2, 0.25) is 0 Å². The van der Waals surface area contributed by atoms with Crippen molar-refractivity contribution >= 4 is 11.7 Å². The van der Waals surface area contributed by atoms with Crippen LogP contribution >= 0.6 is 0 Å². The van der Waals surface area contributed by atoms with Crippen LogP contribution in [0.5, 0.6) is 5.75 Å². The normalized spacial score (nSPS) is 10.2. The van der Waals surface area contributed by atoms with E-state index in [4.69, 9.17) is 0 Å². The van der Waals surface area contributed by atoms with E-state index < -0.39 is 5.91 Å². The Morgan fingerprint density at radius 2 is 2.29 bits per heavy atom. The maximum absolute atomic E-state index is 11.8. The molecule has 0 aliphatic carbocycles. The van der Waals surface area contributed by atoms with Gasteiger partial charge in [-0.15, -0.1) is 0 Å². The molecule has 0 aliphatic heterocycles. The van der Waals surface area contributed by atoms with Gasteiger partial charge in [0, 0.05) is 18.9 Å². The number of hydrogen-bond acceptors (Lipinski definition) is 4. The molecule has 0 fully saturated rings. The van der Waals surface area contributed by atoms with Crippen molar-refractivity contribution in [1.82, 2.24) is 14.8 Å². The number of amides is 1. The third-order valence-electron chi connectivity index (χ3n) is 2.36. The molecule has 1 amide bonds. The minimum atomic E-state index is -0.400. The van der Waals surface area contributed by atoms with Gasteiger partial charge in [0.05, 0.1) is 0 Å². The number of aromatic nitrogens is 3. The Labute approximate surface area is 97.9 Å². The Bertz CT molecular complexity index is 543. The molecule has 88 valence electrons. The first-order valence-corrected chi connectivity index (χ1v) is 5.04. The van der Waals surface area contributed by atoms with Gasteiger partial charge in [-0.3, -0.25) is 9.48 Å². The predicted octanol–water partition coefficient (Wildman–Crippen LogP) is 1.08. The third-order valence-corrected chi connectivity index (χ3v) is 2.36. The van der Waals surface area contributed by atoms with E-state index in [-0.39, 0.29) is 17.3 Å². The quantitative estimate of drug-likeness (QED) is 0.812. The molecule has 0 saturated heterocycles. The highest BCUT2D eigenvalue weighted by molar-refractivity contribution is 6.03. The number of rotatable bonds is 2. The molecule has 0 spiro atoms. The number of nitrogens with zero attached hydrogens (tertiary/aromatic N) is 3. The molecule has 0 radical (unpaired) electrons. The maximum atomic E-state index is 11.8. The molecule has 2 aromatic rings. The molecule has 2 aromatic heterocycles. The molecule has 0 saturated carbocycles. The number of carbonyl (C=O) groups excluding carboxylic acids is 1. The molecular formula is C11H12N4O2. The second-order valence-electron chi connectivity index (χ2n) is 3.62. The molecule has 6 nitrogen and oxygen atoms in total. The fraction of sp³-hybridized carbons (Fsp3) is 0.182. The molecule has 0 aliphatic rings. The van der Waals surface area contributed by atoms with Gasteiger partial charge in [-0.05, 0) is 25.1 Å². The van der Waals surface area contributed by atoms with Crippen LogP contribution in [0.25, 0.3) is 0 Å². The van der Waals surface area contributed by atoms with Gasteiger partial charge < -0.3 is 10.4 Å². The van der Waals surface area contributed by atoms with Crippen molar-refractivity contribution in [2.24, 2.45) is 7.05 Å². The van der Waals surface area contributed by atoms with Crippen LogP contribution in [0.4, 0.5) is 5.82 Å². The van der Waals surface area contributed by atoms with E-state index in [1.165, 1.54) is 12.3 Å². The standard InChI is InChI=1S/C11H12N4O2/c1-7-6-8(14-15(7)2)11(17)13-10-9(16)4-3-5-12-10/h3-6,16H,1-2H3,(H,12,13,17). The minimum Gasteiger partial charge on any atom is -0.504 e. The molecule has 2 N–H and O–H groups in total. The Morgan fingerprint density at radius 1 is 1.53 bits per heavy atom. The highest BCUT2D eigenvalue weighted by Gasteiger charge is 2.13. The zero-order valence-electron chi connectivity index (χ0n) is 9.51. The first-order chi connectivity index (χ1) is 8.08. The monoisotopic (exact) mass is 232 g/mol. The van der Waals surface area contributed by atoms with Gasteiger partial charge in [0.25, 0.3) is 5.91 Å². The lowest BCUT2D eigenvalue weighted by Gasteiger charge is -2.03. The summed E-state index contributed by atoms with van der Waals surface area (Å²) < 4.78 is 1.60. The third kappa shape index (κ3) is 2.25. The number of hydrogen-bond donors (Lipinski definition) is 2. The summed E-state index contributed by atoms with van der Waals surface area (Å²) in [6, 6.07) is 4.69. The smallest absolute Gasteiger partial charge is 0.277 e. The lowest BCUT2D eigenvalue weighted by atomic mass is 10.3. The van der Waals surface area contributed by atoms with E-state index in [1.54, 1.807) is 23.9 Å². The van der Waals surface area contributed by atoms with Crippen LogP contribution in [0.15, 0.2) is 24.4 Å². The minimum absolute atomic E-state index is 0.0755. The largest absolute Gasteiger partial charge is 0.504 e. The van der Waals surface area contributed by atoms with Gasteiger partial charge in [0.15, 0.2) is 17.3 Å². The second kappa shape index (κ2) is 4.25. The average Bonchev–Trinajstić information content (AvgIpc) is 2.63. The summed E-state index contributed by atoms with van der Waals surface area (Å²) >= 11 is 0. The van der Waals surface area contributed by atoms with Crippen molar-refractivity contribution in [3.8, 4) is 5.75 Å². The molecule has 2 heterocycles. The maximum Gasteiger partial charge on any atom is 0.277 e. The lowest BCUT2D eigenvalue weighted by Crippen LogP contribution is -2.14. The Balaban J connectivity index is 2.20. The zero-order valence-corrected chi connectivity index (χ0v) is 9.51. The zero-order chi connectivity index (χ0) is 12.4. The second-order valence-corrected chi connectivity index (χ2v) is 3.62. The summed E-state index contributed by atoms with van der Waals surface area (Å²) in [5, 5.41) is 16.0. The number of pyridine rings is 1. The van der Waals surface area contributed by atoms with Gasteiger partial charge in [0.1, 0.15) is 0 Å². The highest BCUT2D eigenvalue weighted by atomic mass is 16.3. The van der Waals surface area contributed by atoms with Crippen molar-refractivity contribution < 1.29 is 9.90 Å². The van der Waals surface area contributed by atoms with E-state index in [2.05, 4.69) is 15.4 Å². The SMILES string of the molecule is Cc1cc(C(=O)Nc2ncccc2O)nn1C. The Hall–Kier alpha value is -2.37. The number of nitrogens with one attached hydrogen (secondary N) is 1.